The van der Waals surface area contributed by atoms with Gasteiger partial charge in [0.1, 0.15) is 10.7 Å². The minimum absolute atomic E-state index is 0.0863. The van der Waals surface area contributed by atoms with Crippen LogP contribution in [0.25, 0.3) is 0 Å². The van der Waals surface area contributed by atoms with Crippen LogP contribution < -0.4 is 5.32 Å². The summed E-state index contributed by atoms with van der Waals surface area (Å²) < 4.78 is 40.0. The van der Waals surface area contributed by atoms with Crippen LogP contribution in [-0.4, -0.2) is 21.0 Å². The fourth-order valence-electron chi connectivity index (χ4n) is 1.89. The van der Waals surface area contributed by atoms with Crippen molar-refractivity contribution in [3.63, 3.8) is 0 Å². The predicted octanol–water partition coefficient (Wildman–Crippen LogP) is 3.81. The Labute approximate surface area is 151 Å². The molecule has 0 atom stereocenters. The molecule has 0 aliphatic rings. The maximum atomic E-state index is 13.0. The Morgan fingerprint density at radius 2 is 2.00 bits per heavy atom. The highest BCUT2D eigenvalue weighted by atomic mass is 79.9. The normalized spacial score (nSPS) is 11.1. The van der Waals surface area contributed by atoms with Crippen molar-refractivity contribution < 1.29 is 17.6 Å². The highest BCUT2D eigenvalue weighted by Crippen LogP contribution is 2.27. The molecular weight excluding hydrogens is 423 g/mol. The van der Waals surface area contributed by atoms with Gasteiger partial charge in [-0.1, -0.05) is 17.7 Å². The zero-order chi connectivity index (χ0) is 17.9. The largest absolute Gasteiger partial charge is 0.326 e. The molecule has 0 aromatic heterocycles. The smallest absolute Gasteiger partial charge is 0.282 e. The van der Waals surface area contributed by atoms with Crippen molar-refractivity contribution in [3.8, 4) is 0 Å². The Morgan fingerprint density at radius 1 is 1.29 bits per heavy atom. The number of rotatable bonds is 5. The van der Waals surface area contributed by atoms with E-state index >= 15 is 0 Å². The van der Waals surface area contributed by atoms with Crippen LogP contribution in [0.5, 0.6) is 0 Å². The van der Waals surface area contributed by atoms with Crippen molar-refractivity contribution in [2.24, 2.45) is 4.40 Å². The summed E-state index contributed by atoms with van der Waals surface area (Å²) in [4.78, 5) is 12.0. The molecule has 0 fully saturated rings. The maximum absolute atomic E-state index is 13.0. The van der Waals surface area contributed by atoms with Crippen LogP contribution in [0, 0.1) is 5.82 Å². The first-order valence-electron chi connectivity index (χ1n) is 6.49. The van der Waals surface area contributed by atoms with Gasteiger partial charge in [-0.2, -0.15) is 12.8 Å². The molecule has 126 valence electrons. The number of hydrogen-bond donors (Lipinski definition) is 1. The Morgan fingerprint density at radius 3 is 2.62 bits per heavy atom. The third-order valence-electron chi connectivity index (χ3n) is 3.03. The van der Waals surface area contributed by atoms with E-state index in [4.69, 9.17) is 11.6 Å². The second-order valence-corrected chi connectivity index (χ2v) is 7.62. The van der Waals surface area contributed by atoms with E-state index in [-0.39, 0.29) is 22.0 Å². The van der Waals surface area contributed by atoms with Crippen LogP contribution in [0.1, 0.15) is 5.56 Å². The number of sulfonamides is 1. The predicted molar refractivity (Wildman–Crippen MR) is 94.6 cm³/mol. The maximum Gasteiger partial charge on any atom is 0.282 e. The molecule has 2 aromatic rings. The first kappa shape index (κ1) is 18.6. The number of nitrogens with one attached hydrogen (secondary N) is 1. The third kappa shape index (κ3) is 4.40. The minimum atomic E-state index is -3.90. The lowest BCUT2D eigenvalue weighted by molar-refractivity contribution is -0.115. The van der Waals surface area contributed by atoms with Gasteiger partial charge in [-0.25, -0.2) is 4.39 Å². The highest BCUT2D eigenvalue weighted by molar-refractivity contribution is 9.10. The van der Waals surface area contributed by atoms with Crippen LogP contribution in [0.4, 0.5) is 10.1 Å². The summed E-state index contributed by atoms with van der Waals surface area (Å²) in [6, 6.07) is 7.99. The summed E-state index contributed by atoms with van der Waals surface area (Å²) in [5.74, 6) is -0.926. The molecule has 0 aliphatic carbocycles. The van der Waals surface area contributed by atoms with E-state index in [9.17, 15) is 17.6 Å². The van der Waals surface area contributed by atoms with E-state index < -0.39 is 21.7 Å². The summed E-state index contributed by atoms with van der Waals surface area (Å²) in [7, 11) is -3.90. The summed E-state index contributed by atoms with van der Waals surface area (Å²) in [6.45, 7) is 3.02. The molecule has 1 amide bonds. The zero-order valence-electron chi connectivity index (χ0n) is 12.1. The van der Waals surface area contributed by atoms with Crippen molar-refractivity contribution in [1.29, 1.82) is 0 Å². The van der Waals surface area contributed by atoms with Crippen molar-refractivity contribution in [2.75, 3.05) is 5.32 Å². The van der Waals surface area contributed by atoms with Gasteiger partial charge in [0.25, 0.3) is 10.0 Å². The van der Waals surface area contributed by atoms with E-state index in [0.717, 1.165) is 6.07 Å². The van der Waals surface area contributed by atoms with Crippen LogP contribution in [0.15, 0.2) is 50.2 Å². The molecule has 9 heteroatoms. The number of nitrogens with zero attached hydrogens (tertiary/aromatic N) is 1. The summed E-state index contributed by atoms with van der Waals surface area (Å²) >= 11 is 8.99. The van der Waals surface area contributed by atoms with Crippen LogP contribution in [0.3, 0.4) is 0 Å². The number of carbonyl (C=O) groups excluding carboxylic acids is 1. The summed E-state index contributed by atoms with van der Waals surface area (Å²) in [5, 5.41) is 2.70. The lowest BCUT2D eigenvalue weighted by Crippen LogP contribution is -2.15. The molecule has 0 bridgehead atoms. The van der Waals surface area contributed by atoms with E-state index in [2.05, 4.69) is 32.4 Å². The number of anilines is 1. The molecule has 0 spiro atoms. The van der Waals surface area contributed by atoms with Gasteiger partial charge in [0.15, 0.2) is 0 Å². The molecule has 0 heterocycles. The lowest BCUT2D eigenvalue weighted by Gasteiger charge is -2.09. The monoisotopic (exact) mass is 432 g/mol. The molecule has 0 saturated heterocycles. The van der Waals surface area contributed by atoms with Gasteiger partial charge < -0.3 is 5.32 Å². The summed E-state index contributed by atoms with van der Waals surface area (Å²) in [6.07, 6.45) is -0.0863. The van der Waals surface area contributed by atoms with E-state index in [1.54, 1.807) is 0 Å². The topological polar surface area (TPSA) is 75.6 Å². The van der Waals surface area contributed by atoms with Crippen LogP contribution in [0.2, 0.25) is 5.02 Å². The average Bonchev–Trinajstić information content (AvgIpc) is 2.52. The van der Waals surface area contributed by atoms with Crippen molar-refractivity contribution in [2.45, 2.75) is 11.3 Å². The first-order valence-corrected chi connectivity index (χ1v) is 9.10. The van der Waals surface area contributed by atoms with Gasteiger partial charge in [0.05, 0.1) is 6.42 Å². The van der Waals surface area contributed by atoms with E-state index in [0.29, 0.717) is 10.0 Å². The van der Waals surface area contributed by atoms with E-state index in [1.807, 2.05) is 0 Å². The van der Waals surface area contributed by atoms with Gasteiger partial charge >= 0.3 is 0 Å². The number of benzene rings is 2. The van der Waals surface area contributed by atoms with Gasteiger partial charge in [0.2, 0.25) is 5.91 Å². The molecule has 2 rings (SSSR count). The first-order chi connectivity index (χ1) is 11.2. The Kier molecular flexibility index (Phi) is 5.74. The van der Waals surface area contributed by atoms with Gasteiger partial charge in [0, 0.05) is 21.9 Å². The van der Waals surface area contributed by atoms with E-state index in [1.165, 1.54) is 30.3 Å². The van der Waals surface area contributed by atoms with Crippen molar-refractivity contribution >= 4 is 55.9 Å². The Hall–Kier alpha value is -1.77. The molecule has 1 N–H and O–H groups in total. The van der Waals surface area contributed by atoms with Crippen molar-refractivity contribution in [1.82, 2.24) is 0 Å². The second kappa shape index (κ2) is 7.42. The fraction of sp³-hybridized carbons (Fsp3) is 0.0667. The van der Waals surface area contributed by atoms with Crippen LogP contribution in [-0.2, 0) is 21.2 Å². The average molecular weight is 434 g/mol. The zero-order valence-corrected chi connectivity index (χ0v) is 15.3. The molecule has 0 unspecified atom stereocenters. The van der Waals surface area contributed by atoms with Crippen LogP contribution >= 0.6 is 27.5 Å². The number of halogens is 3. The fourth-order valence-corrected chi connectivity index (χ4v) is 3.72. The number of hydrogen-bond acceptors (Lipinski definition) is 3. The molecule has 0 saturated carbocycles. The summed E-state index contributed by atoms with van der Waals surface area (Å²) in [5.41, 5.74) is 0.719. The van der Waals surface area contributed by atoms with Gasteiger partial charge in [-0.3, -0.25) is 4.79 Å². The number of carbonyl (C=O) groups is 1. The highest BCUT2D eigenvalue weighted by Gasteiger charge is 2.17. The standard InChI is InChI=1S/C15H11BrClFN2O3S/c1-19-24(22,23)14-8-11(4-5-12(14)16)20-15(21)6-9-2-3-10(18)7-13(9)17/h2-5,7-8H,1,6H2,(H,20,21). The third-order valence-corrected chi connectivity index (χ3v) is 5.57. The van der Waals surface area contributed by atoms with Crippen molar-refractivity contribution in [3.05, 3.63) is 57.3 Å². The Bertz CT molecular complexity index is 919. The van der Waals surface area contributed by atoms with Gasteiger partial charge in [-0.05, 0) is 51.8 Å². The SMILES string of the molecule is C=NS(=O)(=O)c1cc(NC(=O)Cc2ccc(F)cc2Cl)ccc1Br. The molecular formula is C15H11BrClFN2O3S. The molecule has 2 aromatic carbocycles. The molecule has 24 heavy (non-hydrogen) atoms. The lowest BCUT2D eigenvalue weighted by atomic mass is 10.1. The minimum Gasteiger partial charge on any atom is -0.326 e. The molecule has 0 radical (unpaired) electrons. The quantitative estimate of drug-likeness (QED) is 0.729. The Balaban J connectivity index is 2.20. The van der Waals surface area contributed by atoms with Gasteiger partial charge in [-0.15, -0.1) is 0 Å². The second-order valence-electron chi connectivity index (χ2n) is 4.71. The number of amides is 1. The molecule has 5 nitrogen and oxygen atoms in total. The molecule has 0 aliphatic heterocycles.